The molecule has 1 heterocycles. The number of aromatic nitrogens is 2. The number of nitrogens with two attached hydrogens (primary N) is 1. The quantitative estimate of drug-likeness (QED) is 0.736. The normalized spacial score (nSPS) is 11.1. The molecule has 0 fully saturated rings. The third kappa shape index (κ3) is 2.05. The van der Waals surface area contributed by atoms with Gasteiger partial charge in [0.05, 0.1) is 11.0 Å². The lowest BCUT2D eigenvalue weighted by Gasteiger charge is -2.10. The highest BCUT2D eigenvalue weighted by Crippen LogP contribution is 2.22. The number of nitrogen functional groups attached to an aromatic ring is 1. The van der Waals surface area contributed by atoms with Crippen molar-refractivity contribution in [2.75, 3.05) is 5.73 Å². The van der Waals surface area contributed by atoms with Crippen LogP contribution in [0.3, 0.4) is 0 Å². The van der Waals surface area contributed by atoms with Crippen LogP contribution in [0.15, 0.2) is 42.5 Å². The summed E-state index contributed by atoms with van der Waals surface area (Å²) in [4.78, 5) is 4.77. The van der Waals surface area contributed by atoms with Crippen LogP contribution in [0.4, 0.5) is 5.69 Å². The molecule has 1 aromatic heterocycles. The Bertz CT molecular complexity index is 756. The van der Waals surface area contributed by atoms with Crippen LogP contribution in [-0.4, -0.2) is 9.55 Å². The van der Waals surface area contributed by atoms with Crippen LogP contribution in [-0.2, 0) is 13.0 Å². The minimum absolute atomic E-state index is 0.819. The van der Waals surface area contributed by atoms with Crippen molar-refractivity contribution in [2.24, 2.45) is 0 Å². The summed E-state index contributed by atoms with van der Waals surface area (Å²) < 4.78 is 2.28. The number of imidazole rings is 1. The van der Waals surface area contributed by atoms with Gasteiger partial charge in [-0.3, -0.25) is 0 Å². The fraction of sp³-hybridized carbons (Fsp3) is 0.235. The third-order valence-corrected chi connectivity index (χ3v) is 3.89. The van der Waals surface area contributed by atoms with Gasteiger partial charge < -0.3 is 10.3 Å². The van der Waals surface area contributed by atoms with Crippen molar-refractivity contribution in [1.29, 1.82) is 0 Å². The minimum Gasteiger partial charge on any atom is -0.399 e. The average Bonchev–Trinajstić information content (AvgIpc) is 2.81. The molecule has 0 spiro atoms. The fourth-order valence-electron chi connectivity index (χ4n) is 2.68. The zero-order valence-electron chi connectivity index (χ0n) is 11.9. The molecule has 0 aliphatic heterocycles. The van der Waals surface area contributed by atoms with Gasteiger partial charge in [0.25, 0.3) is 0 Å². The molecule has 2 N–H and O–H groups in total. The SMILES string of the molecule is CCn1c(Cc2cccc(N)c2C)nc2ccccc21. The Morgan fingerprint density at radius 1 is 1.10 bits per heavy atom. The van der Waals surface area contributed by atoms with E-state index in [1.165, 1.54) is 11.1 Å². The molecule has 2 aromatic carbocycles. The van der Waals surface area contributed by atoms with Gasteiger partial charge >= 0.3 is 0 Å². The molecule has 3 heteroatoms. The molecule has 3 rings (SSSR count). The Labute approximate surface area is 119 Å². The average molecular weight is 265 g/mol. The molecule has 3 aromatic rings. The molecule has 0 bridgehead atoms. The first-order valence-electron chi connectivity index (χ1n) is 6.98. The zero-order chi connectivity index (χ0) is 14.1. The van der Waals surface area contributed by atoms with Crippen LogP contribution < -0.4 is 5.73 Å². The predicted molar refractivity (Wildman–Crippen MR) is 83.8 cm³/mol. The van der Waals surface area contributed by atoms with Gasteiger partial charge in [0, 0.05) is 18.7 Å². The van der Waals surface area contributed by atoms with Crippen LogP contribution in [0.25, 0.3) is 11.0 Å². The largest absolute Gasteiger partial charge is 0.399 e. The molecular formula is C17H19N3. The van der Waals surface area contributed by atoms with Crippen LogP contribution in [0.1, 0.15) is 23.9 Å². The van der Waals surface area contributed by atoms with Crippen molar-refractivity contribution in [3.05, 3.63) is 59.4 Å². The van der Waals surface area contributed by atoms with Crippen molar-refractivity contribution < 1.29 is 0 Å². The summed E-state index contributed by atoms with van der Waals surface area (Å²) in [6, 6.07) is 14.4. The Morgan fingerprint density at radius 3 is 2.70 bits per heavy atom. The Morgan fingerprint density at radius 2 is 1.90 bits per heavy atom. The Balaban J connectivity index is 2.08. The van der Waals surface area contributed by atoms with Crippen molar-refractivity contribution in [3.63, 3.8) is 0 Å². The summed E-state index contributed by atoms with van der Waals surface area (Å²) in [5.41, 5.74) is 11.5. The van der Waals surface area contributed by atoms with Gasteiger partial charge in [-0.2, -0.15) is 0 Å². The number of anilines is 1. The van der Waals surface area contributed by atoms with E-state index in [9.17, 15) is 0 Å². The van der Waals surface area contributed by atoms with Crippen molar-refractivity contribution in [3.8, 4) is 0 Å². The minimum atomic E-state index is 0.819. The van der Waals surface area contributed by atoms with E-state index in [0.29, 0.717) is 0 Å². The van der Waals surface area contributed by atoms with Gasteiger partial charge in [0.2, 0.25) is 0 Å². The van der Waals surface area contributed by atoms with Gasteiger partial charge in [-0.1, -0.05) is 24.3 Å². The number of nitrogens with zero attached hydrogens (tertiary/aromatic N) is 2. The molecule has 0 saturated heterocycles. The smallest absolute Gasteiger partial charge is 0.114 e. The van der Waals surface area contributed by atoms with Gasteiger partial charge in [0.15, 0.2) is 0 Å². The number of rotatable bonds is 3. The highest BCUT2D eigenvalue weighted by molar-refractivity contribution is 5.76. The molecule has 0 unspecified atom stereocenters. The van der Waals surface area contributed by atoms with Crippen molar-refractivity contribution >= 4 is 16.7 Å². The monoisotopic (exact) mass is 265 g/mol. The molecule has 20 heavy (non-hydrogen) atoms. The maximum Gasteiger partial charge on any atom is 0.114 e. The molecule has 0 aliphatic rings. The summed E-state index contributed by atoms with van der Waals surface area (Å²) in [6.07, 6.45) is 0.819. The summed E-state index contributed by atoms with van der Waals surface area (Å²) in [6.45, 7) is 5.16. The predicted octanol–water partition coefficient (Wildman–Crippen LogP) is 3.54. The zero-order valence-corrected chi connectivity index (χ0v) is 11.9. The van der Waals surface area contributed by atoms with Crippen LogP contribution >= 0.6 is 0 Å². The van der Waals surface area contributed by atoms with E-state index >= 15 is 0 Å². The van der Waals surface area contributed by atoms with E-state index in [2.05, 4.69) is 42.7 Å². The van der Waals surface area contributed by atoms with Crippen LogP contribution in [0, 0.1) is 6.92 Å². The number of para-hydroxylation sites is 2. The Hall–Kier alpha value is -2.29. The van der Waals surface area contributed by atoms with Crippen LogP contribution in [0.2, 0.25) is 0 Å². The van der Waals surface area contributed by atoms with Crippen molar-refractivity contribution in [1.82, 2.24) is 9.55 Å². The van der Waals surface area contributed by atoms with E-state index in [1.807, 2.05) is 18.2 Å². The highest BCUT2D eigenvalue weighted by Gasteiger charge is 2.11. The van der Waals surface area contributed by atoms with E-state index in [4.69, 9.17) is 10.7 Å². The van der Waals surface area contributed by atoms with Gasteiger partial charge in [0.1, 0.15) is 5.82 Å². The number of hydrogen-bond donors (Lipinski definition) is 1. The summed E-state index contributed by atoms with van der Waals surface area (Å²) in [5.74, 6) is 1.10. The second kappa shape index (κ2) is 5.00. The number of fused-ring (bicyclic) bond motifs is 1. The second-order valence-electron chi connectivity index (χ2n) is 5.07. The van der Waals surface area contributed by atoms with E-state index < -0.39 is 0 Å². The third-order valence-electron chi connectivity index (χ3n) is 3.89. The van der Waals surface area contributed by atoms with Gasteiger partial charge in [-0.15, -0.1) is 0 Å². The first-order chi connectivity index (χ1) is 9.70. The van der Waals surface area contributed by atoms with Gasteiger partial charge in [-0.25, -0.2) is 4.98 Å². The highest BCUT2D eigenvalue weighted by atomic mass is 15.1. The maximum atomic E-state index is 5.99. The lowest BCUT2D eigenvalue weighted by Crippen LogP contribution is -2.04. The lowest BCUT2D eigenvalue weighted by atomic mass is 10.0. The summed E-state index contributed by atoms with van der Waals surface area (Å²) >= 11 is 0. The van der Waals surface area contributed by atoms with E-state index in [1.54, 1.807) is 0 Å². The molecule has 0 atom stereocenters. The first-order valence-corrected chi connectivity index (χ1v) is 6.98. The molecule has 0 amide bonds. The molecule has 0 aliphatic carbocycles. The summed E-state index contributed by atoms with van der Waals surface area (Å²) in [5, 5.41) is 0. The standard InChI is InChI=1S/C17H19N3/c1-3-20-16-10-5-4-9-15(16)19-17(20)11-13-7-6-8-14(18)12(13)2/h4-10H,3,11,18H2,1-2H3. The van der Waals surface area contributed by atoms with Crippen molar-refractivity contribution in [2.45, 2.75) is 26.8 Å². The molecule has 0 saturated carbocycles. The van der Waals surface area contributed by atoms with Gasteiger partial charge in [-0.05, 0) is 43.2 Å². The van der Waals surface area contributed by atoms with E-state index in [0.717, 1.165) is 35.6 Å². The fourth-order valence-corrected chi connectivity index (χ4v) is 2.68. The Kier molecular flexibility index (Phi) is 3.18. The maximum absolute atomic E-state index is 5.99. The van der Waals surface area contributed by atoms with E-state index in [-0.39, 0.29) is 0 Å². The number of aryl methyl sites for hydroxylation is 1. The second-order valence-corrected chi connectivity index (χ2v) is 5.07. The number of benzene rings is 2. The topological polar surface area (TPSA) is 43.8 Å². The molecule has 102 valence electrons. The first kappa shape index (κ1) is 12.7. The molecular weight excluding hydrogens is 246 g/mol. The number of hydrogen-bond acceptors (Lipinski definition) is 2. The molecule has 0 radical (unpaired) electrons. The van der Waals surface area contributed by atoms with Crippen LogP contribution in [0.5, 0.6) is 0 Å². The molecule has 3 nitrogen and oxygen atoms in total. The lowest BCUT2D eigenvalue weighted by molar-refractivity contribution is 0.733. The summed E-state index contributed by atoms with van der Waals surface area (Å²) in [7, 11) is 0.